The lowest BCUT2D eigenvalue weighted by Gasteiger charge is -2.10. The Morgan fingerprint density at radius 1 is 1.60 bits per heavy atom. The van der Waals surface area contributed by atoms with Crippen LogP contribution in [0.5, 0.6) is 0 Å². The van der Waals surface area contributed by atoms with Gasteiger partial charge in [0.2, 0.25) is 0 Å². The van der Waals surface area contributed by atoms with Crippen LogP contribution in [0.3, 0.4) is 0 Å². The third kappa shape index (κ3) is 1.71. The zero-order valence-corrected chi connectivity index (χ0v) is 6.65. The second-order valence-electron chi connectivity index (χ2n) is 3.43. The highest BCUT2D eigenvalue weighted by molar-refractivity contribution is 5.11. The van der Waals surface area contributed by atoms with Crippen molar-refractivity contribution in [3.63, 3.8) is 0 Å². The molecule has 2 nitrogen and oxygen atoms in total. The molecule has 0 spiro atoms. The Hall–Kier alpha value is -0.550. The van der Waals surface area contributed by atoms with Crippen LogP contribution in [-0.2, 0) is 0 Å². The van der Waals surface area contributed by atoms with Gasteiger partial charge in [0.1, 0.15) is 0 Å². The van der Waals surface area contributed by atoms with E-state index in [1.165, 1.54) is 0 Å². The monoisotopic (exact) mass is 138 g/mol. The molecule has 0 bridgehead atoms. The van der Waals surface area contributed by atoms with E-state index in [0.717, 1.165) is 19.4 Å². The topological polar surface area (TPSA) is 35.8 Å². The van der Waals surface area contributed by atoms with Gasteiger partial charge in [-0.05, 0) is 12.8 Å². The minimum atomic E-state index is 0.0181. The standard InChI is InChI=1S/C8H14N2/c1-7(2)10-6-8(5-9)3-4-8/h7,10H,3-4,6H2,1-2H3. The molecule has 1 fully saturated rings. The second kappa shape index (κ2) is 2.59. The van der Waals surface area contributed by atoms with E-state index in [9.17, 15) is 0 Å². The van der Waals surface area contributed by atoms with Crippen molar-refractivity contribution in [3.05, 3.63) is 0 Å². The molecule has 1 aliphatic rings. The van der Waals surface area contributed by atoms with Crippen LogP contribution >= 0.6 is 0 Å². The van der Waals surface area contributed by atoms with Gasteiger partial charge in [0, 0.05) is 12.6 Å². The minimum Gasteiger partial charge on any atom is -0.313 e. The number of nitrogens with one attached hydrogen (secondary N) is 1. The fourth-order valence-corrected chi connectivity index (χ4v) is 0.878. The summed E-state index contributed by atoms with van der Waals surface area (Å²) in [6.07, 6.45) is 2.17. The highest BCUT2D eigenvalue weighted by Crippen LogP contribution is 2.44. The van der Waals surface area contributed by atoms with Gasteiger partial charge in [0.25, 0.3) is 0 Å². The molecular weight excluding hydrogens is 124 g/mol. The van der Waals surface area contributed by atoms with Gasteiger partial charge in [0.15, 0.2) is 0 Å². The molecule has 1 rings (SSSR count). The average molecular weight is 138 g/mol. The van der Waals surface area contributed by atoms with Crippen LogP contribution in [0.1, 0.15) is 26.7 Å². The molecule has 10 heavy (non-hydrogen) atoms. The smallest absolute Gasteiger partial charge is 0.0703 e. The molecule has 0 saturated heterocycles. The van der Waals surface area contributed by atoms with Gasteiger partial charge in [-0.2, -0.15) is 5.26 Å². The summed E-state index contributed by atoms with van der Waals surface area (Å²) in [6.45, 7) is 5.09. The van der Waals surface area contributed by atoms with Crippen LogP contribution in [0, 0.1) is 16.7 Å². The summed E-state index contributed by atoms with van der Waals surface area (Å²) in [4.78, 5) is 0. The van der Waals surface area contributed by atoms with Crippen molar-refractivity contribution in [2.45, 2.75) is 32.7 Å². The van der Waals surface area contributed by atoms with Crippen molar-refractivity contribution in [1.29, 1.82) is 5.26 Å². The summed E-state index contributed by atoms with van der Waals surface area (Å²) in [5.41, 5.74) is 0.0181. The highest BCUT2D eigenvalue weighted by Gasteiger charge is 2.42. The predicted octanol–water partition coefficient (Wildman–Crippen LogP) is 1.29. The lowest BCUT2D eigenvalue weighted by molar-refractivity contribution is 0.508. The molecule has 0 aliphatic heterocycles. The third-order valence-electron chi connectivity index (χ3n) is 1.94. The molecule has 0 heterocycles. The van der Waals surface area contributed by atoms with Gasteiger partial charge in [-0.15, -0.1) is 0 Å². The fourth-order valence-electron chi connectivity index (χ4n) is 0.878. The van der Waals surface area contributed by atoms with E-state index < -0.39 is 0 Å². The van der Waals surface area contributed by atoms with Gasteiger partial charge < -0.3 is 5.32 Å². The summed E-state index contributed by atoms with van der Waals surface area (Å²) >= 11 is 0. The van der Waals surface area contributed by atoms with Gasteiger partial charge in [0.05, 0.1) is 11.5 Å². The Balaban J connectivity index is 2.21. The third-order valence-corrected chi connectivity index (χ3v) is 1.94. The molecule has 1 saturated carbocycles. The molecule has 0 atom stereocenters. The lowest BCUT2D eigenvalue weighted by Crippen LogP contribution is -2.29. The first kappa shape index (κ1) is 7.56. The average Bonchev–Trinajstić information content (AvgIpc) is 2.64. The Kier molecular flexibility index (Phi) is 1.96. The molecule has 0 amide bonds. The van der Waals surface area contributed by atoms with E-state index in [-0.39, 0.29) is 5.41 Å². The van der Waals surface area contributed by atoms with Crippen LogP contribution in [0.25, 0.3) is 0 Å². The normalized spacial score (nSPS) is 20.6. The van der Waals surface area contributed by atoms with Gasteiger partial charge in [-0.25, -0.2) is 0 Å². The number of nitriles is 1. The van der Waals surface area contributed by atoms with Gasteiger partial charge in [-0.3, -0.25) is 0 Å². The first-order valence-electron chi connectivity index (χ1n) is 3.83. The SMILES string of the molecule is CC(C)NCC1(C#N)CC1. The van der Waals surface area contributed by atoms with Crippen LogP contribution in [0.2, 0.25) is 0 Å². The van der Waals surface area contributed by atoms with Crippen molar-refractivity contribution in [1.82, 2.24) is 5.32 Å². The molecule has 0 aromatic carbocycles. The Labute approximate surface area is 62.2 Å². The number of rotatable bonds is 3. The molecule has 2 heteroatoms. The first-order valence-corrected chi connectivity index (χ1v) is 3.83. The molecule has 1 N–H and O–H groups in total. The molecular formula is C8H14N2. The maximum Gasteiger partial charge on any atom is 0.0703 e. The number of nitrogens with zero attached hydrogens (tertiary/aromatic N) is 1. The summed E-state index contributed by atoms with van der Waals surface area (Å²) in [5, 5.41) is 12.0. The summed E-state index contributed by atoms with van der Waals surface area (Å²) in [6, 6.07) is 2.85. The molecule has 0 aromatic heterocycles. The Bertz CT molecular complexity index is 151. The summed E-state index contributed by atoms with van der Waals surface area (Å²) < 4.78 is 0. The predicted molar refractivity (Wildman–Crippen MR) is 40.4 cm³/mol. The van der Waals surface area contributed by atoms with E-state index >= 15 is 0 Å². The largest absolute Gasteiger partial charge is 0.313 e. The van der Waals surface area contributed by atoms with Crippen LogP contribution in [0.4, 0.5) is 0 Å². The van der Waals surface area contributed by atoms with Gasteiger partial charge in [-0.1, -0.05) is 13.8 Å². The second-order valence-corrected chi connectivity index (χ2v) is 3.43. The Morgan fingerprint density at radius 3 is 2.50 bits per heavy atom. The molecule has 0 unspecified atom stereocenters. The van der Waals surface area contributed by atoms with Crippen LogP contribution < -0.4 is 5.32 Å². The zero-order chi connectivity index (χ0) is 7.61. The number of hydrogen-bond acceptors (Lipinski definition) is 2. The van der Waals surface area contributed by atoms with Crippen LogP contribution in [0.15, 0.2) is 0 Å². The quantitative estimate of drug-likeness (QED) is 0.637. The maximum absolute atomic E-state index is 8.68. The summed E-state index contributed by atoms with van der Waals surface area (Å²) in [5.74, 6) is 0. The van der Waals surface area contributed by atoms with Crippen LogP contribution in [-0.4, -0.2) is 12.6 Å². The minimum absolute atomic E-state index is 0.0181. The maximum atomic E-state index is 8.68. The van der Waals surface area contributed by atoms with E-state index in [1.807, 2.05) is 0 Å². The van der Waals surface area contributed by atoms with Crippen molar-refractivity contribution in [2.24, 2.45) is 5.41 Å². The highest BCUT2D eigenvalue weighted by atomic mass is 14.9. The van der Waals surface area contributed by atoms with E-state index in [4.69, 9.17) is 5.26 Å². The van der Waals surface area contributed by atoms with Crippen molar-refractivity contribution < 1.29 is 0 Å². The summed E-state index contributed by atoms with van der Waals surface area (Å²) in [7, 11) is 0. The van der Waals surface area contributed by atoms with E-state index in [1.54, 1.807) is 0 Å². The molecule has 0 aromatic rings. The molecule has 0 radical (unpaired) electrons. The zero-order valence-electron chi connectivity index (χ0n) is 6.65. The van der Waals surface area contributed by atoms with Crippen molar-refractivity contribution in [3.8, 4) is 6.07 Å². The Morgan fingerprint density at radius 2 is 2.20 bits per heavy atom. The fraction of sp³-hybridized carbons (Fsp3) is 0.875. The molecule has 1 aliphatic carbocycles. The van der Waals surface area contributed by atoms with E-state index in [0.29, 0.717) is 6.04 Å². The first-order chi connectivity index (χ1) is 4.68. The molecule has 56 valence electrons. The van der Waals surface area contributed by atoms with E-state index in [2.05, 4.69) is 25.2 Å². The van der Waals surface area contributed by atoms with Gasteiger partial charge >= 0.3 is 0 Å². The van der Waals surface area contributed by atoms with Crippen molar-refractivity contribution >= 4 is 0 Å². The lowest BCUT2D eigenvalue weighted by atomic mass is 10.1. The van der Waals surface area contributed by atoms with Crippen molar-refractivity contribution in [2.75, 3.05) is 6.54 Å². The number of hydrogen-bond donors (Lipinski definition) is 1.